The van der Waals surface area contributed by atoms with E-state index in [1.807, 2.05) is 24.3 Å². The Morgan fingerprint density at radius 3 is 2.81 bits per heavy atom. The minimum Gasteiger partial charge on any atom is -0.495 e. The molecule has 0 bridgehead atoms. The molecule has 2 rings (SSSR count). The van der Waals surface area contributed by atoms with Crippen molar-refractivity contribution in [3.8, 4) is 16.9 Å². The van der Waals surface area contributed by atoms with Crippen LogP contribution in [0.3, 0.4) is 0 Å². The van der Waals surface area contributed by atoms with Gasteiger partial charge in [-0.3, -0.25) is 9.78 Å². The normalized spacial score (nSPS) is 9.81. The van der Waals surface area contributed by atoms with Crippen LogP contribution < -0.4 is 4.74 Å². The van der Waals surface area contributed by atoms with Gasteiger partial charge in [-0.15, -0.1) is 0 Å². The third-order valence-electron chi connectivity index (χ3n) is 2.30. The van der Waals surface area contributed by atoms with Gasteiger partial charge in [0.15, 0.2) is 0 Å². The van der Waals surface area contributed by atoms with Crippen LogP contribution in [0.4, 0.5) is 0 Å². The lowest BCUT2D eigenvalue weighted by Gasteiger charge is -2.04. The number of ether oxygens (including phenoxy) is 1. The molecule has 2 aromatic rings. The molecule has 0 radical (unpaired) electrons. The smallest absolute Gasteiger partial charge is 0.150 e. The predicted molar refractivity (Wildman–Crippen MR) is 61.6 cm³/mol. The molecule has 3 nitrogen and oxygen atoms in total. The number of aromatic nitrogens is 1. The molecular formula is C13H11NO2. The highest BCUT2D eigenvalue weighted by molar-refractivity contribution is 5.78. The van der Waals surface area contributed by atoms with Crippen molar-refractivity contribution in [2.45, 2.75) is 0 Å². The Morgan fingerprint density at radius 1 is 1.19 bits per heavy atom. The average Bonchev–Trinajstić information content (AvgIpc) is 2.39. The molecule has 16 heavy (non-hydrogen) atoms. The van der Waals surface area contributed by atoms with Crippen molar-refractivity contribution in [3.05, 3.63) is 48.3 Å². The van der Waals surface area contributed by atoms with Crippen LogP contribution in [0.25, 0.3) is 11.1 Å². The third-order valence-corrected chi connectivity index (χ3v) is 2.30. The highest BCUT2D eigenvalue weighted by atomic mass is 16.5. The molecular weight excluding hydrogens is 202 g/mol. The maximum atomic E-state index is 10.7. The Balaban J connectivity index is 2.45. The van der Waals surface area contributed by atoms with Crippen LogP contribution in [0, 0.1) is 0 Å². The third kappa shape index (κ3) is 2.08. The number of carbonyl (C=O) groups is 1. The first-order valence-electron chi connectivity index (χ1n) is 4.88. The number of rotatable bonds is 3. The maximum Gasteiger partial charge on any atom is 0.150 e. The molecule has 1 heterocycles. The summed E-state index contributed by atoms with van der Waals surface area (Å²) in [4.78, 5) is 14.7. The van der Waals surface area contributed by atoms with Gasteiger partial charge < -0.3 is 4.74 Å². The molecule has 0 atom stereocenters. The zero-order valence-corrected chi connectivity index (χ0v) is 8.88. The molecule has 0 aliphatic carbocycles. The molecule has 0 fully saturated rings. The topological polar surface area (TPSA) is 39.2 Å². The van der Waals surface area contributed by atoms with E-state index in [1.54, 1.807) is 25.6 Å². The lowest BCUT2D eigenvalue weighted by molar-refractivity contribution is 0.112. The monoisotopic (exact) mass is 213 g/mol. The van der Waals surface area contributed by atoms with Crippen LogP contribution in [0.15, 0.2) is 42.7 Å². The average molecular weight is 213 g/mol. The first-order valence-corrected chi connectivity index (χ1v) is 4.88. The zero-order valence-electron chi connectivity index (χ0n) is 8.88. The fourth-order valence-electron chi connectivity index (χ4n) is 1.48. The van der Waals surface area contributed by atoms with Crippen LogP contribution in [0.5, 0.6) is 5.75 Å². The molecule has 0 spiro atoms. The highest BCUT2D eigenvalue weighted by Crippen LogP contribution is 2.22. The summed E-state index contributed by atoms with van der Waals surface area (Å²) in [7, 11) is 1.60. The number of benzene rings is 1. The number of hydrogen-bond donors (Lipinski definition) is 0. The first kappa shape index (κ1) is 10.4. The van der Waals surface area contributed by atoms with Crippen LogP contribution in [-0.4, -0.2) is 18.4 Å². The van der Waals surface area contributed by atoms with Crippen molar-refractivity contribution in [1.29, 1.82) is 0 Å². The Labute approximate surface area is 93.7 Å². The molecule has 0 amide bonds. The molecule has 0 saturated carbocycles. The summed E-state index contributed by atoms with van der Waals surface area (Å²) >= 11 is 0. The van der Waals surface area contributed by atoms with Gasteiger partial charge in [0.25, 0.3) is 0 Å². The minimum absolute atomic E-state index is 0.653. The van der Waals surface area contributed by atoms with Gasteiger partial charge in [-0.05, 0) is 17.7 Å². The van der Waals surface area contributed by atoms with E-state index in [-0.39, 0.29) is 0 Å². The molecule has 0 N–H and O–H groups in total. The Bertz CT molecular complexity index is 509. The predicted octanol–water partition coefficient (Wildman–Crippen LogP) is 2.57. The largest absolute Gasteiger partial charge is 0.495 e. The summed E-state index contributed by atoms with van der Waals surface area (Å²) < 4.78 is 5.10. The molecule has 0 unspecified atom stereocenters. The van der Waals surface area contributed by atoms with Crippen LogP contribution >= 0.6 is 0 Å². The first-order chi connectivity index (χ1) is 7.83. The highest BCUT2D eigenvalue weighted by Gasteiger charge is 2.01. The zero-order chi connectivity index (χ0) is 11.4. The van der Waals surface area contributed by atoms with Crippen molar-refractivity contribution in [3.63, 3.8) is 0 Å². The minimum atomic E-state index is 0.653. The maximum absolute atomic E-state index is 10.7. The SMILES string of the molecule is COc1cncc(-c2cccc(C=O)c2)c1. The van der Waals surface area contributed by atoms with Gasteiger partial charge in [-0.1, -0.05) is 18.2 Å². The van der Waals surface area contributed by atoms with E-state index < -0.39 is 0 Å². The number of methoxy groups -OCH3 is 1. The van der Waals surface area contributed by atoms with E-state index in [9.17, 15) is 4.79 Å². The molecule has 0 saturated heterocycles. The second-order valence-electron chi connectivity index (χ2n) is 3.36. The van der Waals surface area contributed by atoms with E-state index in [2.05, 4.69) is 4.98 Å². The fraction of sp³-hybridized carbons (Fsp3) is 0.0769. The van der Waals surface area contributed by atoms with Gasteiger partial charge in [0.2, 0.25) is 0 Å². The van der Waals surface area contributed by atoms with E-state index in [1.165, 1.54) is 0 Å². The van der Waals surface area contributed by atoms with Gasteiger partial charge in [0, 0.05) is 17.3 Å². The lowest BCUT2D eigenvalue weighted by atomic mass is 10.1. The quantitative estimate of drug-likeness (QED) is 0.735. The van der Waals surface area contributed by atoms with Gasteiger partial charge in [0.05, 0.1) is 13.3 Å². The Kier molecular flexibility index (Phi) is 2.96. The fourth-order valence-corrected chi connectivity index (χ4v) is 1.48. The summed E-state index contributed by atoms with van der Waals surface area (Å²) in [5.74, 6) is 0.703. The van der Waals surface area contributed by atoms with Crippen molar-refractivity contribution < 1.29 is 9.53 Å². The Morgan fingerprint density at radius 2 is 2.06 bits per heavy atom. The van der Waals surface area contributed by atoms with E-state index >= 15 is 0 Å². The summed E-state index contributed by atoms with van der Waals surface area (Å²) in [5.41, 5.74) is 2.54. The van der Waals surface area contributed by atoms with Gasteiger partial charge >= 0.3 is 0 Å². The summed E-state index contributed by atoms with van der Waals surface area (Å²) in [5, 5.41) is 0. The van der Waals surface area contributed by atoms with Crippen LogP contribution in [-0.2, 0) is 0 Å². The number of carbonyl (C=O) groups excluding carboxylic acids is 1. The molecule has 1 aromatic heterocycles. The lowest BCUT2D eigenvalue weighted by Crippen LogP contribution is -1.87. The second kappa shape index (κ2) is 4.57. The van der Waals surface area contributed by atoms with Crippen molar-refractivity contribution in [2.24, 2.45) is 0 Å². The van der Waals surface area contributed by atoms with Gasteiger partial charge in [-0.2, -0.15) is 0 Å². The number of nitrogens with zero attached hydrogens (tertiary/aromatic N) is 1. The standard InChI is InChI=1S/C13H11NO2/c1-16-13-6-12(7-14-8-13)11-4-2-3-10(5-11)9-15/h2-9H,1H3. The number of pyridine rings is 1. The summed E-state index contributed by atoms with van der Waals surface area (Å²) in [6, 6.07) is 9.26. The molecule has 80 valence electrons. The molecule has 1 aromatic carbocycles. The van der Waals surface area contributed by atoms with E-state index in [0.717, 1.165) is 17.4 Å². The molecule has 0 aliphatic rings. The molecule has 0 aliphatic heterocycles. The van der Waals surface area contributed by atoms with Gasteiger partial charge in [0.1, 0.15) is 12.0 Å². The Hall–Kier alpha value is -2.16. The van der Waals surface area contributed by atoms with Crippen LogP contribution in [0.1, 0.15) is 10.4 Å². The van der Waals surface area contributed by atoms with Crippen LogP contribution in [0.2, 0.25) is 0 Å². The number of aldehydes is 1. The van der Waals surface area contributed by atoms with Gasteiger partial charge in [-0.25, -0.2) is 0 Å². The van der Waals surface area contributed by atoms with Crippen molar-refractivity contribution in [2.75, 3.05) is 7.11 Å². The summed E-state index contributed by atoms with van der Waals surface area (Å²) in [6.07, 6.45) is 4.22. The second-order valence-corrected chi connectivity index (χ2v) is 3.36. The van der Waals surface area contributed by atoms with Crippen molar-refractivity contribution in [1.82, 2.24) is 4.98 Å². The van der Waals surface area contributed by atoms with E-state index in [4.69, 9.17) is 4.74 Å². The van der Waals surface area contributed by atoms with Crippen molar-refractivity contribution >= 4 is 6.29 Å². The van der Waals surface area contributed by atoms with E-state index in [0.29, 0.717) is 11.3 Å². The number of hydrogen-bond acceptors (Lipinski definition) is 3. The summed E-state index contributed by atoms with van der Waals surface area (Å²) in [6.45, 7) is 0. The molecule has 3 heteroatoms.